The molecule has 0 saturated carbocycles. The van der Waals surface area contributed by atoms with E-state index in [1.165, 1.54) is 0 Å². The summed E-state index contributed by atoms with van der Waals surface area (Å²) in [6, 6.07) is 36.5. The van der Waals surface area contributed by atoms with Gasteiger partial charge in [0.05, 0.1) is 34.1 Å². The summed E-state index contributed by atoms with van der Waals surface area (Å²) in [4.78, 5) is 0. The Morgan fingerprint density at radius 3 is 1.12 bits per heavy atom. The SMILES string of the molecule is Cc1cc(N=Nc2cc(C)c(N=Nc3cccc4ccccc34)c(C)c2)cc(C)c1N=Nc1cccc2ccccc12. The quantitative estimate of drug-likeness (QED) is 0.186. The second-order valence-electron chi connectivity index (χ2n) is 10.5. The van der Waals surface area contributed by atoms with Crippen LogP contribution in [-0.2, 0) is 0 Å². The molecule has 6 aromatic carbocycles. The molecule has 0 N–H and O–H groups in total. The van der Waals surface area contributed by atoms with Gasteiger partial charge in [-0.1, -0.05) is 72.8 Å². The van der Waals surface area contributed by atoms with Gasteiger partial charge in [0.15, 0.2) is 0 Å². The largest absolute Gasteiger partial charge is 0.151 e. The molecular formula is C36H30N6. The summed E-state index contributed by atoms with van der Waals surface area (Å²) in [5.41, 5.74) is 8.88. The van der Waals surface area contributed by atoms with Crippen LogP contribution < -0.4 is 0 Å². The smallest absolute Gasteiger partial charge is 0.0935 e. The number of rotatable bonds is 6. The molecule has 0 saturated heterocycles. The van der Waals surface area contributed by atoms with Gasteiger partial charge < -0.3 is 0 Å². The summed E-state index contributed by atoms with van der Waals surface area (Å²) in [5.74, 6) is 0. The van der Waals surface area contributed by atoms with Crippen LogP contribution in [0.2, 0.25) is 0 Å². The Hall–Kier alpha value is -5.36. The number of aryl methyl sites for hydroxylation is 4. The van der Waals surface area contributed by atoms with Gasteiger partial charge in [-0.25, -0.2) is 0 Å². The number of azo groups is 3. The molecular weight excluding hydrogens is 516 g/mol. The first-order valence-corrected chi connectivity index (χ1v) is 13.9. The molecule has 0 amide bonds. The lowest BCUT2D eigenvalue weighted by Gasteiger charge is -2.07. The molecule has 0 heterocycles. The van der Waals surface area contributed by atoms with Crippen LogP contribution in [0.15, 0.2) is 140 Å². The van der Waals surface area contributed by atoms with Gasteiger partial charge in [0, 0.05) is 10.8 Å². The van der Waals surface area contributed by atoms with Crippen molar-refractivity contribution in [1.82, 2.24) is 0 Å². The number of nitrogens with zero attached hydrogens (tertiary/aromatic N) is 6. The first-order chi connectivity index (χ1) is 20.5. The van der Waals surface area contributed by atoms with Crippen molar-refractivity contribution in [3.05, 3.63) is 131 Å². The molecule has 0 bridgehead atoms. The monoisotopic (exact) mass is 546 g/mol. The Kier molecular flexibility index (Phi) is 7.43. The first-order valence-electron chi connectivity index (χ1n) is 13.9. The minimum absolute atomic E-state index is 0.768. The van der Waals surface area contributed by atoms with E-state index in [4.69, 9.17) is 0 Å². The van der Waals surface area contributed by atoms with Crippen LogP contribution in [-0.4, -0.2) is 0 Å². The van der Waals surface area contributed by atoms with Crippen molar-refractivity contribution in [3.8, 4) is 0 Å². The second-order valence-corrected chi connectivity index (χ2v) is 10.5. The maximum atomic E-state index is 4.61. The van der Waals surface area contributed by atoms with Crippen molar-refractivity contribution in [2.45, 2.75) is 27.7 Å². The van der Waals surface area contributed by atoms with Gasteiger partial charge >= 0.3 is 0 Å². The van der Waals surface area contributed by atoms with Crippen LogP contribution in [0.3, 0.4) is 0 Å². The van der Waals surface area contributed by atoms with Crippen LogP contribution in [0, 0.1) is 27.7 Å². The van der Waals surface area contributed by atoms with Crippen LogP contribution in [0.4, 0.5) is 34.1 Å². The Morgan fingerprint density at radius 1 is 0.357 bits per heavy atom. The molecule has 6 rings (SSSR count). The van der Waals surface area contributed by atoms with Gasteiger partial charge in [0.2, 0.25) is 0 Å². The third-order valence-corrected chi connectivity index (χ3v) is 7.28. The third-order valence-electron chi connectivity index (χ3n) is 7.28. The van der Waals surface area contributed by atoms with Gasteiger partial charge in [0.25, 0.3) is 0 Å². The molecule has 0 aliphatic heterocycles. The highest BCUT2D eigenvalue weighted by atomic mass is 15.1. The van der Waals surface area contributed by atoms with E-state index in [-0.39, 0.29) is 0 Å². The molecule has 0 spiro atoms. The molecule has 6 aromatic rings. The van der Waals surface area contributed by atoms with E-state index < -0.39 is 0 Å². The number of hydrogen-bond donors (Lipinski definition) is 0. The predicted molar refractivity (Wildman–Crippen MR) is 172 cm³/mol. The highest BCUT2D eigenvalue weighted by Gasteiger charge is 2.08. The van der Waals surface area contributed by atoms with Gasteiger partial charge in [0.1, 0.15) is 0 Å². The summed E-state index contributed by atoms with van der Waals surface area (Å²) >= 11 is 0. The number of hydrogen-bond acceptors (Lipinski definition) is 6. The van der Waals surface area contributed by atoms with Gasteiger partial charge in [-0.15, -0.1) is 20.5 Å². The van der Waals surface area contributed by atoms with E-state index in [1.807, 2.05) is 100 Å². The molecule has 6 nitrogen and oxygen atoms in total. The summed E-state index contributed by atoms with van der Waals surface area (Å²) < 4.78 is 0. The van der Waals surface area contributed by atoms with Crippen molar-refractivity contribution in [2.24, 2.45) is 30.7 Å². The summed E-state index contributed by atoms with van der Waals surface area (Å²) in [5, 5.41) is 31.9. The molecule has 0 fully saturated rings. The van der Waals surface area contributed by atoms with Crippen LogP contribution in [0.1, 0.15) is 22.3 Å². The Labute approximate surface area is 245 Å². The number of fused-ring (bicyclic) bond motifs is 2. The average molecular weight is 547 g/mol. The lowest BCUT2D eigenvalue weighted by molar-refractivity contribution is 1.16. The van der Waals surface area contributed by atoms with Crippen LogP contribution in [0.25, 0.3) is 21.5 Å². The van der Waals surface area contributed by atoms with E-state index in [0.717, 1.165) is 77.9 Å². The summed E-state index contributed by atoms with van der Waals surface area (Å²) in [6.07, 6.45) is 0. The zero-order valence-electron chi connectivity index (χ0n) is 24.1. The molecule has 0 unspecified atom stereocenters. The third kappa shape index (κ3) is 5.60. The number of benzene rings is 6. The van der Waals surface area contributed by atoms with E-state index >= 15 is 0 Å². The molecule has 204 valence electrons. The molecule has 0 aromatic heterocycles. The maximum absolute atomic E-state index is 4.61. The Morgan fingerprint density at radius 2 is 0.714 bits per heavy atom. The van der Waals surface area contributed by atoms with Crippen molar-refractivity contribution < 1.29 is 0 Å². The molecule has 0 aliphatic carbocycles. The van der Waals surface area contributed by atoms with E-state index in [9.17, 15) is 0 Å². The highest BCUT2D eigenvalue weighted by Crippen LogP contribution is 2.35. The zero-order valence-corrected chi connectivity index (χ0v) is 24.1. The first kappa shape index (κ1) is 26.8. The van der Waals surface area contributed by atoms with Gasteiger partial charge in [-0.3, -0.25) is 0 Å². The maximum Gasteiger partial charge on any atom is 0.0935 e. The van der Waals surface area contributed by atoms with Crippen molar-refractivity contribution in [1.29, 1.82) is 0 Å². The van der Waals surface area contributed by atoms with E-state index in [1.54, 1.807) is 0 Å². The van der Waals surface area contributed by atoms with E-state index in [2.05, 4.69) is 67.1 Å². The average Bonchev–Trinajstić information content (AvgIpc) is 2.99. The predicted octanol–water partition coefficient (Wildman–Crippen LogP) is 12.5. The fraction of sp³-hybridized carbons (Fsp3) is 0.111. The van der Waals surface area contributed by atoms with Crippen molar-refractivity contribution in [2.75, 3.05) is 0 Å². The molecule has 0 atom stereocenters. The summed E-state index contributed by atoms with van der Waals surface area (Å²) in [7, 11) is 0. The van der Waals surface area contributed by atoms with Gasteiger partial charge in [-0.05, 0) is 97.1 Å². The molecule has 6 heteroatoms. The van der Waals surface area contributed by atoms with Crippen LogP contribution in [0.5, 0.6) is 0 Å². The van der Waals surface area contributed by atoms with Gasteiger partial charge in [-0.2, -0.15) is 10.2 Å². The standard InChI is InChI=1S/C36H30N6/c1-23-19-29(20-24(2)35(23)41-39-33-17-9-13-27-11-5-7-15-31(27)33)37-38-30-21-25(3)36(26(4)22-30)42-40-34-18-10-14-28-12-6-8-16-32(28)34/h5-22H,1-4H3. The normalized spacial score (nSPS) is 12.0. The second kappa shape index (κ2) is 11.6. The van der Waals surface area contributed by atoms with Crippen molar-refractivity contribution in [3.63, 3.8) is 0 Å². The minimum Gasteiger partial charge on any atom is -0.151 e. The lowest BCUT2D eigenvalue weighted by atomic mass is 10.1. The van der Waals surface area contributed by atoms with Crippen LogP contribution >= 0.6 is 0 Å². The molecule has 0 radical (unpaired) electrons. The summed E-state index contributed by atoms with van der Waals surface area (Å²) in [6.45, 7) is 8.09. The zero-order chi connectivity index (χ0) is 29.1. The van der Waals surface area contributed by atoms with E-state index in [0.29, 0.717) is 0 Å². The fourth-order valence-corrected chi connectivity index (χ4v) is 5.21. The molecule has 0 aliphatic rings. The molecule has 42 heavy (non-hydrogen) atoms. The lowest BCUT2D eigenvalue weighted by Crippen LogP contribution is -1.82. The minimum atomic E-state index is 0.768. The van der Waals surface area contributed by atoms with Crippen molar-refractivity contribution >= 4 is 55.7 Å². The Balaban J connectivity index is 1.22. The Bertz CT molecular complexity index is 1830. The fourth-order valence-electron chi connectivity index (χ4n) is 5.21. The highest BCUT2D eigenvalue weighted by molar-refractivity contribution is 5.93. The topological polar surface area (TPSA) is 74.2 Å².